The molecule has 22 heavy (non-hydrogen) atoms. The van der Waals surface area contributed by atoms with Crippen molar-refractivity contribution in [2.45, 2.75) is 20.8 Å². The van der Waals surface area contributed by atoms with Crippen molar-refractivity contribution >= 4 is 6.21 Å². The smallest absolute Gasteiger partial charge is 0.191 e. The third-order valence-electron chi connectivity index (χ3n) is 2.48. The second kappa shape index (κ2) is 11.1. The summed E-state index contributed by atoms with van der Waals surface area (Å²) in [4.78, 5) is 1.79. The molecule has 0 radical (unpaired) electrons. The third-order valence-corrected chi connectivity index (χ3v) is 2.48. The van der Waals surface area contributed by atoms with E-state index in [0.717, 1.165) is 11.3 Å². The minimum absolute atomic E-state index is 0.517. The third kappa shape index (κ3) is 9.37. The summed E-state index contributed by atoms with van der Waals surface area (Å²) >= 11 is 0. The fraction of sp³-hybridized carbons (Fsp3) is 0.211. The van der Waals surface area contributed by atoms with E-state index in [1.165, 1.54) is 11.8 Å². The zero-order valence-corrected chi connectivity index (χ0v) is 14.0. The van der Waals surface area contributed by atoms with Crippen molar-refractivity contribution in [2.75, 3.05) is 7.05 Å². The Balaban J connectivity index is 5.00. The highest BCUT2D eigenvalue weighted by Gasteiger charge is 2.01. The first kappa shape index (κ1) is 19.4. The molecule has 0 atom stereocenters. The molecule has 0 saturated heterocycles. The Labute approximate surface area is 134 Å². The maximum absolute atomic E-state index is 7.06. The normalized spacial score (nSPS) is 12.4. The van der Waals surface area contributed by atoms with Crippen LogP contribution in [-0.4, -0.2) is 18.2 Å². The van der Waals surface area contributed by atoms with E-state index in [-0.39, 0.29) is 0 Å². The highest BCUT2D eigenvalue weighted by Crippen LogP contribution is 2.11. The standard InChI is InChI=1S/C19H26N2O/c1-7-8-10-19(11-9-14-20)15-21(6)18(5)22-17(4)13-12-16(2)3/h7-15,20H,1,5H2,2-4,6H3/b10-8-,11-9-,17-13+,19-15?,20-14?. The van der Waals surface area contributed by atoms with Gasteiger partial charge in [-0.25, -0.2) is 0 Å². The van der Waals surface area contributed by atoms with Crippen LogP contribution in [0.3, 0.4) is 0 Å². The van der Waals surface area contributed by atoms with Gasteiger partial charge in [-0.2, -0.15) is 0 Å². The number of allylic oxidation sites excluding steroid dienone is 10. The molecule has 0 aliphatic carbocycles. The first-order chi connectivity index (χ1) is 10.4. The number of hydrogen-bond acceptors (Lipinski definition) is 3. The monoisotopic (exact) mass is 298 g/mol. The van der Waals surface area contributed by atoms with Crippen molar-refractivity contribution in [3.63, 3.8) is 0 Å². The summed E-state index contributed by atoms with van der Waals surface area (Å²) in [6.07, 6.45) is 15.9. The predicted molar refractivity (Wildman–Crippen MR) is 96.5 cm³/mol. The molecule has 0 heterocycles. The van der Waals surface area contributed by atoms with E-state index in [2.05, 4.69) is 13.2 Å². The van der Waals surface area contributed by atoms with Crippen molar-refractivity contribution in [1.82, 2.24) is 4.90 Å². The van der Waals surface area contributed by atoms with Crippen LogP contribution in [0.25, 0.3) is 0 Å². The van der Waals surface area contributed by atoms with E-state index in [1.807, 2.05) is 64.4 Å². The van der Waals surface area contributed by atoms with Crippen molar-refractivity contribution in [2.24, 2.45) is 0 Å². The van der Waals surface area contributed by atoms with Gasteiger partial charge >= 0.3 is 0 Å². The Morgan fingerprint density at radius 3 is 2.27 bits per heavy atom. The lowest BCUT2D eigenvalue weighted by Gasteiger charge is -2.18. The first-order valence-corrected chi connectivity index (χ1v) is 7.00. The van der Waals surface area contributed by atoms with Crippen LogP contribution in [0.15, 0.2) is 84.7 Å². The van der Waals surface area contributed by atoms with E-state index in [0.29, 0.717) is 5.88 Å². The van der Waals surface area contributed by atoms with Crippen molar-refractivity contribution in [3.8, 4) is 0 Å². The Kier molecular flexibility index (Phi) is 9.85. The van der Waals surface area contributed by atoms with Gasteiger partial charge < -0.3 is 15.0 Å². The molecule has 118 valence electrons. The summed E-state index contributed by atoms with van der Waals surface area (Å²) in [7, 11) is 1.86. The molecule has 0 aliphatic rings. The molecule has 0 aromatic heterocycles. The molecule has 1 N–H and O–H groups in total. The Hall–Kier alpha value is -2.55. The quantitative estimate of drug-likeness (QED) is 0.365. The van der Waals surface area contributed by atoms with E-state index in [9.17, 15) is 0 Å². The van der Waals surface area contributed by atoms with Crippen LogP contribution in [0.4, 0.5) is 0 Å². The number of ether oxygens (including phenoxy) is 1. The van der Waals surface area contributed by atoms with E-state index < -0.39 is 0 Å². The van der Waals surface area contributed by atoms with E-state index >= 15 is 0 Å². The topological polar surface area (TPSA) is 36.3 Å². The Bertz CT molecular complexity index is 522. The van der Waals surface area contributed by atoms with Gasteiger partial charge in [-0.15, -0.1) is 0 Å². The van der Waals surface area contributed by atoms with Crippen molar-refractivity contribution in [1.29, 1.82) is 5.41 Å². The summed E-state index contributed by atoms with van der Waals surface area (Å²) in [5, 5.41) is 7.06. The highest BCUT2D eigenvalue weighted by atomic mass is 16.5. The average molecular weight is 298 g/mol. The van der Waals surface area contributed by atoms with Crippen molar-refractivity contribution < 1.29 is 4.74 Å². The zero-order chi connectivity index (χ0) is 17.0. The molecule has 0 aromatic rings. The lowest BCUT2D eigenvalue weighted by atomic mass is 10.2. The van der Waals surface area contributed by atoms with E-state index in [4.69, 9.17) is 10.1 Å². The molecular formula is C19H26N2O. The maximum atomic E-state index is 7.06. The highest BCUT2D eigenvalue weighted by molar-refractivity contribution is 5.69. The molecule has 0 spiro atoms. The van der Waals surface area contributed by atoms with Gasteiger partial charge in [-0.3, -0.25) is 0 Å². The SMILES string of the molecule is C=C/C=C\C(=CN(C)C(=C)O/C(C)=C/C=C(C)C)/C=C\C=N. The van der Waals surface area contributed by atoms with Gasteiger partial charge in [0, 0.05) is 19.5 Å². The molecule has 0 unspecified atom stereocenters. The lowest BCUT2D eigenvalue weighted by Crippen LogP contribution is -2.12. The molecule has 3 heteroatoms. The largest absolute Gasteiger partial charge is 0.446 e. The van der Waals surface area contributed by atoms with Crippen LogP contribution < -0.4 is 0 Å². The van der Waals surface area contributed by atoms with Gasteiger partial charge in [0.05, 0.1) is 0 Å². The van der Waals surface area contributed by atoms with Crippen LogP contribution in [0, 0.1) is 5.41 Å². The molecule has 0 fully saturated rings. The van der Waals surface area contributed by atoms with Crippen LogP contribution in [0.2, 0.25) is 0 Å². The first-order valence-electron chi connectivity index (χ1n) is 7.00. The minimum Gasteiger partial charge on any atom is -0.446 e. The summed E-state index contributed by atoms with van der Waals surface area (Å²) in [5.74, 6) is 1.29. The second-order valence-corrected chi connectivity index (χ2v) is 4.88. The molecule has 0 bridgehead atoms. The average Bonchev–Trinajstić information content (AvgIpc) is 2.47. The summed E-state index contributed by atoms with van der Waals surface area (Å²) in [6.45, 7) is 13.5. The number of nitrogens with one attached hydrogen (secondary N) is 1. The van der Waals surface area contributed by atoms with Gasteiger partial charge in [0.15, 0.2) is 5.88 Å². The fourth-order valence-corrected chi connectivity index (χ4v) is 1.35. The van der Waals surface area contributed by atoms with Crippen LogP contribution in [0.1, 0.15) is 20.8 Å². The number of rotatable bonds is 9. The van der Waals surface area contributed by atoms with Gasteiger partial charge in [-0.05, 0) is 45.1 Å². The molecule has 0 rings (SSSR count). The Morgan fingerprint density at radius 1 is 1.09 bits per heavy atom. The molecule has 0 aromatic carbocycles. The molecular weight excluding hydrogens is 272 g/mol. The maximum Gasteiger partial charge on any atom is 0.191 e. The Morgan fingerprint density at radius 2 is 1.73 bits per heavy atom. The fourth-order valence-electron chi connectivity index (χ4n) is 1.35. The van der Waals surface area contributed by atoms with Crippen LogP contribution in [-0.2, 0) is 4.74 Å². The van der Waals surface area contributed by atoms with Gasteiger partial charge in [0.1, 0.15) is 5.76 Å². The molecule has 0 aliphatic heterocycles. The van der Waals surface area contributed by atoms with Gasteiger partial charge in [-0.1, -0.05) is 42.5 Å². The molecule has 0 saturated carbocycles. The number of hydrogen-bond donors (Lipinski definition) is 1. The van der Waals surface area contributed by atoms with Crippen molar-refractivity contribution in [3.05, 3.63) is 84.7 Å². The summed E-state index contributed by atoms with van der Waals surface area (Å²) in [6, 6.07) is 0. The van der Waals surface area contributed by atoms with Crippen LogP contribution in [0.5, 0.6) is 0 Å². The zero-order valence-electron chi connectivity index (χ0n) is 14.0. The molecule has 3 nitrogen and oxygen atoms in total. The summed E-state index contributed by atoms with van der Waals surface area (Å²) in [5.41, 5.74) is 2.11. The van der Waals surface area contributed by atoms with Crippen LogP contribution >= 0.6 is 0 Å². The second-order valence-electron chi connectivity index (χ2n) is 4.88. The lowest BCUT2D eigenvalue weighted by molar-refractivity contribution is 0.221. The predicted octanol–water partition coefficient (Wildman–Crippen LogP) is 5.11. The van der Waals surface area contributed by atoms with Gasteiger partial charge in [0.2, 0.25) is 0 Å². The summed E-state index contributed by atoms with van der Waals surface area (Å²) < 4.78 is 5.66. The van der Waals surface area contributed by atoms with Gasteiger partial charge in [0.25, 0.3) is 0 Å². The minimum atomic E-state index is 0.517. The van der Waals surface area contributed by atoms with E-state index in [1.54, 1.807) is 17.1 Å². The number of nitrogens with zero attached hydrogens (tertiary/aromatic N) is 1. The molecule has 0 amide bonds.